The van der Waals surface area contributed by atoms with Gasteiger partial charge < -0.3 is 30.1 Å². The Labute approximate surface area is 110 Å². The number of ether oxygens (including phenoxy) is 2. The summed E-state index contributed by atoms with van der Waals surface area (Å²) >= 11 is 4.84. The van der Waals surface area contributed by atoms with E-state index in [1.165, 1.54) is 6.92 Å². The maximum atomic E-state index is 11.0. The SMILES string of the molecule is CC(=O)O[C@H]1[C@H](O)[C@@H](CO)O[C@@H](O)[C@@H]1NC(C)=S. The molecule has 0 spiro atoms. The highest BCUT2D eigenvalue weighted by Crippen LogP contribution is 2.22. The largest absolute Gasteiger partial charge is 0.457 e. The van der Waals surface area contributed by atoms with Gasteiger partial charge in [0.15, 0.2) is 12.4 Å². The Morgan fingerprint density at radius 3 is 2.50 bits per heavy atom. The first-order chi connectivity index (χ1) is 8.36. The maximum Gasteiger partial charge on any atom is 0.303 e. The van der Waals surface area contributed by atoms with Gasteiger partial charge in [-0.15, -0.1) is 0 Å². The molecule has 0 aromatic heterocycles. The van der Waals surface area contributed by atoms with Gasteiger partial charge in [-0.1, -0.05) is 12.2 Å². The molecule has 0 unspecified atom stereocenters. The van der Waals surface area contributed by atoms with Gasteiger partial charge in [0.2, 0.25) is 0 Å². The van der Waals surface area contributed by atoms with Crippen LogP contribution in [-0.2, 0) is 14.3 Å². The number of carbonyl (C=O) groups excluding carboxylic acids is 1. The average molecular weight is 279 g/mol. The molecule has 18 heavy (non-hydrogen) atoms. The van der Waals surface area contributed by atoms with Crippen molar-refractivity contribution in [2.45, 2.75) is 44.5 Å². The first-order valence-corrected chi connectivity index (χ1v) is 5.84. The van der Waals surface area contributed by atoms with E-state index < -0.39 is 43.2 Å². The molecule has 0 aromatic rings. The second kappa shape index (κ2) is 6.39. The van der Waals surface area contributed by atoms with E-state index in [0.717, 1.165) is 0 Å². The lowest BCUT2D eigenvalue weighted by atomic mass is 9.96. The zero-order chi connectivity index (χ0) is 13.9. The van der Waals surface area contributed by atoms with Gasteiger partial charge in [0, 0.05) is 6.92 Å². The van der Waals surface area contributed by atoms with Crippen molar-refractivity contribution in [1.29, 1.82) is 0 Å². The predicted octanol–water partition coefficient (Wildman–Crippen LogP) is -1.71. The fourth-order valence-electron chi connectivity index (χ4n) is 1.80. The highest BCUT2D eigenvalue weighted by molar-refractivity contribution is 7.80. The summed E-state index contributed by atoms with van der Waals surface area (Å²) in [4.78, 5) is 11.4. The van der Waals surface area contributed by atoms with Gasteiger partial charge in [-0.2, -0.15) is 0 Å². The van der Waals surface area contributed by atoms with Gasteiger partial charge in [-0.3, -0.25) is 4.79 Å². The summed E-state index contributed by atoms with van der Waals surface area (Å²) in [5, 5.41) is 31.4. The van der Waals surface area contributed by atoms with E-state index >= 15 is 0 Å². The van der Waals surface area contributed by atoms with E-state index in [9.17, 15) is 15.0 Å². The van der Waals surface area contributed by atoms with E-state index in [1.807, 2.05) is 0 Å². The van der Waals surface area contributed by atoms with Crippen LogP contribution in [0.3, 0.4) is 0 Å². The molecule has 7 nitrogen and oxygen atoms in total. The Kier molecular flexibility index (Phi) is 5.42. The highest BCUT2D eigenvalue weighted by Gasteiger charge is 2.46. The monoisotopic (exact) mass is 279 g/mol. The highest BCUT2D eigenvalue weighted by atomic mass is 32.1. The van der Waals surface area contributed by atoms with Crippen LogP contribution in [0.5, 0.6) is 0 Å². The Hall–Kier alpha value is -0.800. The van der Waals surface area contributed by atoms with Gasteiger partial charge in [0.1, 0.15) is 18.2 Å². The number of aliphatic hydroxyl groups is 3. The first kappa shape index (κ1) is 15.3. The molecule has 104 valence electrons. The normalized spacial score (nSPS) is 35.9. The molecule has 0 amide bonds. The number of rotatable bonds is 3. The number of aliphatic hydroxyl groups excluding tert-OH is 3. The lowest BCUT2D eigenvalue weighted by Crippen LogP contribution is -2.64. The second-order valence-electron chi connectivity index (χ2n) is 4.04. The second-order valence-corrected chi connectivity index (χ2v) is 4.65. The van der Waals surface area contributed by atoms with Crippen LogP contribution in [0.4, 0.5) is 0 Å². The molecule has 0 aliphatic carbocycles. The van der Waals surface area contributed by atoms with Crippen molar-refractivity contribution in [2.24, 2.45) is 0 Å². The van der Waals surface area contributed by atoms with Crippen molar-refractivity contribution < 1.29 is 29.6 Å². The smallest absolute Gasteiger partial charge is 0.303 e. The topological polar surface area (TPSA) is 108 Å². The molecule has 1 aliphatic rings. The lowest BCUT2D eigenvalue weighted by Gasteiger charge is -2.42. The number of thiocarbonyl (C=S) groups is 1. The molecule has 5 atom stereocenters. The van der Waals surface area contributed by atoms with Crippen LogP contribution in [-0.4, -0.2) is 63.5 Å². The van der Waals surface area contributed by atoms with Crippen LogP contribution in [0.25, 0.3) is 0 Å². The van der Waals surface area contributed by atoms with Gasteiger partial charge in [0.05, 0.1) is 11.6 Å². The number of hydrogen-bond acceptors (Lipinski definition) is 7. The average Bonchev–Trinajstić information content (AvgIpc) is 2.27. The number of esters is 1. The summed E-state index contributed by atoms with van der Waals surface area (Å²) < 4.78 is 9.97. The van der Waals surface area contributed by atoms with Crippen molar-refractivity contribution in [1.82, 2.24) is 5.32 Å². The predicted molar refractivity (Wildman–Crippen MR) is 64.7 cm³/mol. The molecule has 1 heterocycles. The Morgan fingerprint density at radius 2 is 2.06 bits per heavy atom. The minimum Gasteiger partial charge on any atom is -0.457 e. The first-order valence-electron chi connectivity index (χ1n) is 5.43. The summed E-state index contributed by atoms with van der Waals surface area (Å²) in [6.07, 6.45) is -4.68. The third kappa shape index (κ3) is 3.59. The van der Waals surface area contributed by atoms with Crippen molar-refractivity contribution in [2.75, 3.05) is 6.61 Å². The van der Waals surface area contributed by atoms with Crippen LogP contribution in [0, 0.1) is 0 Å². The minimum absolute atomic E-state index is 0.356. The van der Waals surface area contributed by atoms with E-state index in [-0.39, 0.29) is 0 Å². The summed E-state index contributed by atoms with van der Waals surface area (Å²) in [5.41, 5.74) is 0. The maximum absolute atomic E-state index is 11.0. The molecule has 8 heteroatoms. The molecule has 0 saturated carbocycles. The fraction of sp³-hybridized carbons (Fsp3) is 0.800. The molecule has 0 bridgehead atoms. The van der Waals surface area contributed by atoms with Gasteiger partial charge in [-0.05, 0) is 6.92 Å². The van der Waals surface area contributed by atoms with E-state index in [0.29, 0.717) is 4.99 Å². The van der Waals surface area contributed by atoms with E-state index in [1.54, 1.807) is 6.92 Å². The molecule has 1 fully saturated rings. The zero-order valence-corrected chi connectivity index (χ0v) is 10.9. The molecular weight excluding hydrogens is 262 g/mol. The van der Waals surface area contributed by atoms with Crippen molar-refractivity contribution >= 4 is 23.2 Å². The number of hydrogen-bond donors (Lipinski definition) is 4. The van der Waals surface area contributed by atoms with Crippen LogP contribution in [0.15, 0.2) is 0 Å². The molecule has 0 radical (unpaired) electrons. The summed E-state index contributed by atoms with van der Waals surface area (Å²) in [7, 11) is 0. The van der Waals surface area contributed by atoms with Gasteiger partial charge in [-0.25, -0.2) is 0 Å². The molecule has 1 aliphatic heterocycles. The number of carbonyl (C=O) groups is 1. The molecule has 1 rings (SSSR count). The fourth-order valence-corrected chi connectivity index (χ4v) is 1.94. The van der Waals surface area contributed by atoms with Gasteiger partial charge >= 0.3 is 5.97 Å². The van der Waals surface area contributed by atoms with Crippen molar-refractivity contribution in [3.8, 4) is 0 Å². The molecular formula is C10H17NO6S. The van der Waals surface area contributed by atoms with Crippen LogP contribution >= 0.6 is 12.2 Å². The van der Waals surface area contributed by atoms with Gasteiger partial charge in [0.25, 0.3) is 0 Å². The third-order valence-corrected chi connectivity index (χ3v) is 2.66. The van der Waals surface area contributed by atoms with E-state index in [4.69, 9.17) is 26.8 Å². The van der Waals surface area contributed by atoms with Crippen molar-refractivity contribution in [3.05, 3.63) is 0 Å². The quantitative estimate of drug-likeness (QED) is 0.357. The zero-order valence-electron chi connectivity index (χ0n) is 10.1. The Balaban J connectivity index is 2.89. The molecule has 0 aromatic carbocycles. The lowest BCUT2D eigenvalue weighted by molar-refractivity contribution is -0.256. The van der Waals surface area contributed by atoms with Crippen LogP contribution in [0.1, 0.15) is 13.8 Å². The summed E-state index contributed by atoms with van der Waals surface area (Å²) in [6, 6.07) is -0.885. The van der Waals surface area contributed by atoms with E-state index in [2.05, 4.69) is 5.32 Å². The standard InChI is InChI=1S/C10H17NO6S/c1-4(18)11-7-9(16-5(2)13)8(14)6(3-12)17-10(7)15/h6-10,12,14-15H,3H2,1-2H3,(H,11,18)/t6-,7-,8-,9-,10-/m1/s1. The Morgan fingerprint density at radius 1 is 1.44 bits per heavy atom. The molecule has 1 saturated heterocycles. The van der Waals surface area contributed by atoms with Crippen LogP contribution in [0.2, 0.25) is 0 Å². The minimum atomic E-state index is -1.35. The third-order valence-electron chi connectivity index (χ3n) is 2.54. The summed E-state index contributed by atoms with van der Waals surface area (Å²) in [5.74, 6) is -0.612. The Bertz CT molecular complexity index is 325. The van der Waals surface area contributed by atoms with Crippen molar-refractivity contribution in [3.63, 3.8) is 0 Å². The number of nitrogens with one attached hydrogen (secondary N) is 1. The molecule has 4 N–H and O–H groups in total. The summed E-state index contributed by atoms with van der Waals surface area (Å²) in [6.45, 7) is 2.26. The van der Waals surface area contributed by atoms with Crippen LogP contribution < -0.4 is 5.32 Å².